The molecule has 0 amide bonds. The van der Waals surface area contributed by atoms with Gasteiger partial charge in [-0.25, -0.2) is 15.0 Å². The van der Waals surface area contributed by atoms with Gasteiger partial charge < -0.3 is 9.72 Å². The van der Waals surface area contributed by atoms with Crippen LogP contribution in [0.1, 0.15) is 37.8 Å². The normalized spacial score (nSPS) is 14.5. The van der Waals surface area contributed by atoms with E-state index in [-0.39, 0.29) is 6.10 Å². The minimum absolute atomic E-state index is 0.277. The first kappa shape index (κ1) is 21.7. The van der Waals surface area contributed by atoms with Gasteiger partial charge >= 0.3 is 0 Å². The second-order valence-electron chi connectivity index (χ2n) is 9.68. The fourth-order valence-corrected chi connectivity index (χ4v) is 5.19. The van der Waals surface area contributed by atoms with Gasteiger partial charge in [-0.05, 0) is 56.9 Å². The van der Waals surface area contributed by atoms with E-state index in [2.05, 4.69) is 53.3 Å². The van der Waals surface area contributed by atoms with Crippen molar-refractivity contribution in [1.29, 1.82) is 0 Å². The first-order valence-electron chi connectivity index (χ1n) is 12.7. The predicted molar refractivity (Wildman–Crippen MR) is 142 cm³/mol. The molecule has 6 heterocycles. The molecule has 9 heteroatoms. The highest BCUT2D eigenvalue weighted by Gasteiger charge is 2.17. The number of pyridine rings is 3. The lowest BCUT2D eigenvalue weighted by molar-refractivity contribution is 0.154. The third-order valence-electron chi connectivity index (χ3n) is 7.06. The van der Waals surface area contributed by atoms with Crippen LogP contribution in [0, 0.1) is 6.92 Å². The van der Waals surface area contributed by atoms with Crippen molar-refractivity contribution in [3.05, 3.63) is 67.3 Å². The molecule has 0 bridgehead atoms. The molecular weight excluding hydrogens is 464 g/mol. The number of H-pyrrole nitrogens is 2. The average molecular weight is 491 g/mol. The van der Waals surface area contributed by atoms with Crippen molar-refractivity contribution in [3.63, 3.8) is 0 Å². The molecule has 1 aliphatic rings. The molecule has 9 nitrogen and oxygen atoms in total. The van der Waals surface area contributed by atoms with Crippen molar-refractivity contribution in [2.45, 2.75) is 45.1 Å². The topological polar surface area (TPSA) is 110 Å². The molecule has 1 saturated carbocycles. The van der Waals surface area contributed by atoms with Gasteiger partial charge in [0.2, 0.25) is 0 Å². The molecule has 1 fully saturated rings. The number of hydrogen-bond donors (Lipinski definition) is 2. The average Bonchev–Trinajstić information content (AvgIpc) is 3.66. The molecule has 0 aliphatic heterocycles. The Labute approximate surface area is 213 Å². The number of rotatable bonds is 5. The Morgan fingerprint density at radius 3 is 2.70 bits per heavy atom. The van der Waals surface area contributed by atoms with E-state index >= 15 is 0 Å². The summed E-state index contributed by atoms with van der Waals surface area (Å²) in [5.41, 5.74) is 6.26. The zero-order valence-electron chi connectivity index (χ0n) is 20.5. The number of aromatic amines is 2. The minimum Gasteiger partial charge on any atom is -0.489 e. The highest BCUT2D eigenvalue weighted by Crippen LogP contribution is 2.33. The summed E-state index contributed by atoms with van der Waals surface area (Å²) in [4.78, 5) is 21.5. The third kappa shape index (κ3) is 4.02. The third-order valence-corrected chi connectivity index (χ3v) is 7.06. The fraction of sp³-hybridized carbons (Fsp3) is 0.250. The van der Waals surface area contributed by atoms with Crippen LogP contribution in [0.5, 0.6) is 5.75 Å². The number of hydrogen-bond acceptors (Lipinski definition) is 6. The van der Waals surface area contributed by atoms with Gasteiger partial charge in [0.15, 0.2) is 5.65 Å². The Kier molecular flexibility index (Phi) is 5.20. The Morgan fingerprint density at radius 1 is 0.946 bits per heavy atom. The SMILES string of the molecule is Cc1cn(-c2nccc3[nH]c(-c4n[nH]c5ncc(-c6cncc(OC7CCCCC7)c6)cc45)cc23)cn1. The van der Waals surface area contributed by atoms with E-state index in [4.69, 9.17) is 4.74 Å². The van der Waals surface area contributed by atoms with E-state index in [9.17, 15) is 0 Å². The Bertz CT molecular complexity index is 1720. The smallest absolute Gasteiger partial charge is 0.155 e. The molecule has 0 atom stereocenters. The van der Waals surface area contributed by atoms with E-state index in [1.165, 1.54) is 19.3 Å². The van der Waals surface area contributed by atoms with Gasteiger partial charge in [0.1, 0.15) is 23.6 Å². The van der Waals surface area contributed by atoms with Crippen molar-refractivity contribution in [2.24, 2.45) is 0 Å². The van der Waals surface area contributed by atoms with Crippen LogP contribution in [-0.2, 0) is 0 Å². The van der Waals surface area contributed by atoms with E-state index in [1.807, 2.05) is 36.1 Å². The summed E-state index contributed by atoms with van der Waals surface area (Å²) in [5.74, 6) is 1.63. The van der Waals surface area contributed by atoms with Crippen LogP contribution in [-0.4, -0.2) is 45.8 Å². The maximum Gasteiger partial charge on any atom is 0.155 e. The Morgan fingerprint density at radius 2 is 1.84 bits per heavy atom. The van der Waals surface area contributed by atoms with E-state index in [0.717, 1.165) is 74.6 Å². The molecule has 0 unspecified atom stereocenters. The summed E-state index contributed by atoms with van der Waals surface area (Å²) >= 11 is 0. The van der Waals surface area contributed by atoms with Crippen LogP contribution >= 0.6 is 0 Å². The Balaban J connectivity index is 1.26. The van der Waals surface area contributed by atoms with Crippen LogP contribution < -0.4 is 4.74 Å². The number of fused-ring (bicyclic) bond motifs is 2. The van der Waals surface area contributed by atoms with Crippen LogP contribution in [0.2, 0.25) is 0 Å². The summed E-state index contributed by atoms with van der Waals surface area (Å²) in [6.07, 6.45) is 17.3. The van der Waals surface area contributed by atoms with E-state index < -0.39 is 0 Å². The lowest BCUT2D eigenvalue weighted by Gasteiger charge is -2.23. The zero-order chi connectivity index (χ0) is 24.8. The fourth-order valence-electron chi connectivity index (χ4n) is 5.19. The van der Waals surface area contributed by atoms with Crippen LogP contribution in [0.4, 0.5) is 0 Å². The Hall–Kier alpha value is -4.53. The first-order valence-corrected chi connectivity index (χ1v) is 12.7. The lowest BCUT2D eigenvalue weighted by Crippen LogP contribution is -2.19. The largest absolute Gasteiger partial charge is 0.489 e. The maximum absolute atomic E-state index is 6.25. The van der Waals surface area contributed by atoms with Crippen molar-refractivity contribution in [3.8, 4) is 34.1 Å². The molecule has 0 radical (unpaired) electrons. The summed E-state index contributed by atoms with van der Waals surface area (Å²) < 4.78 is 8.18. The molecule has 37 heavy (non-hydrogen) atoms. The summed E-state index contributed by atoms with van der Waals surface area (Å²) in [7, 11) is 0. The number of imidazole rings is 1. The molecule has 1 aliphatic carbocycles. The molecule has 184 valence electrons. The molecular formula is C28H26N8O. The summed E-state index contributed by atoms with van der Waals surface area (Å²) in [6.45, 7) is 1.97. The highest BCUT2D eigenvalue weighted by molar-refractivity contribution is 5.97. The van der Waals surface area contributed by atoms with Crippen LogP contribution in [0.15, 0.2) is 61.6 Å². The number of aromatic nitrogens is 8. The van der Waals surface area contributed by atoms with E-state index in [0.29, 0.717) is 0 Å². The number of nitrogens with zero attached hydrogens (tertiary/aromatic N) is 6. The molecule has 0 saturated heterocycles. The van der Waals surface area contributed by atoms with Gasteiger partial charge in [-0.3, -0.25) is 14.6 Å². The standard InChI is InChI=1S/C28H26N8O/c1-17-15-36(16-32-17)28-22-11-25(33-24(22)7-8-30-28)26-23-10-19(13-31-27(23)35-34-26)18-9-21(14-29-12-18)37-20-5-3-2-4-6-20/h7-16,20,33H,2-6H2,1H3,(H,31,34,35). The van der Waals surface area contributed by atoms with Crippen LogP contribution in [0.25, 0.3) is 50.3 Å². The second-order valence-corrected chi connectivity index (χ2v) is 9.68. The molecule has 7 rings (SSSR count). The van der Waals surface area contributed by atoms with E-state index in [1.54, 1.807) is 18.7 Å². The molecule has 0 spiro atoms. The van der Waals surface area contributed by atoms with Gasteiger partial charge in [-0.2, -0.15) is 5.10 Å². The number of ether oxygens (including phenoxy) is 1. The summed E-state index contributed by atoms with van der Waals surface area (Å²) in [6, 6.07) is 8.20. The quantitative estimate of drug-likeness (QED) is 0.317. The van der Waals surface area contributed by atoms with Crippen molar-refractivity contribution >= 4 is 21.9 Å². The maximum atomic E-state index is 6.25. The molecule has 6 aromatic rings. The van der Waals surface area contributed by atoms with Gasteiger partial charge in [-0.15, -0.1) is 0 Å². The van der Waals surface area contributed by atoms with Gasteiger partial charge in [0, 0.05) is 46.7 Å². The zero-order valence-corrected chi connectivity index (χ0v) is 20.5. The van der Waals surface area contributed by atoms with Crippen LogP contribution in [0.3, 0.4) is 0 Å². The molecule has 6 aromatic heterocycles. The van der Waals surface area contributed by atoms with Crippen molar-refractivity contribution < 1.29 is 4.74 Å². The van der Waals surface area contributed by atoms with Crippen molar-refractivity contribution in [2.75, 3.05) is 0 Å². The first-order chi connectivity index (χ1) is 18.2. The minimum atomic E-state index is 0.277. The second kappa shape index (κ2) is 8.85. The number of aryl methyl sites for hydroxylation is 1. The monoisotopic (exact) mass is 490 g/mol. The highest BCUT2D eigenvalue weighted by atomic mass is 16.5. The number of nitrogens with one attached hydrogen (secondary N) is 2. The predicted octanol–water partition coefficient (Wildman–Crippen LogP) is 5.77. The van der Waals surface area contributed by atoms with Gasteiger partial charge in [-0.1, -0.05) is 6.42 Å². The van der Waals surface area contributed by atoms with Gasteiger partial charge in [0.25, 0.3) is 0 Å². The molecule has 0 aromatic carbocycles. The molecule has 2 N–H and O–H groups in total. The van der Waals surface area contributed by atoms with Gasteiger partial charge in [0.05, 0.1) is 29.2 Å². The lowest BCUT2D eigenvalue weighted by atomic mass is 9.98. The summed E-state index contributed by atoms with van der Waals surface area (Å²) in [5, 5.41) is 9.59. The van der Waals surface area contributed by atoms with Crippen molar-refractivity contribution in [1.82, 2.24) is 39.7 Å².